The smallest absolute Gasteiger partial charge is 0.193 e. The second-order valence-electron chi connectivity index (χ2n) is 4.69. The fraction of sp³-hybridized carbons (Fsp3) is 0.833. The van der Waals surface area contributed by atoms with E-state index in [0.29, 0.717) is 0 Å². The summed E-state index contributed by atoms with van der Waals surface area (Å²) >= 11 is 0. The van der Waals surface area contributed by atoms with Crippen LogP contribution in [0.15, 0.2) is 12.7 Å². The number of ether oxygens (including phenoxy) is 1. The molecule has 3 nitrogen and oxygen atoms in total. The predicted molar refractivity (Wildman–Crippen MR) is 63.5 cm³/mol. The van der Waals surface area contributed by atoms with Gasteiger partial charge in [-0.1, -0.05) is 13.5 Å². The summed E-state index contributed by atoms with van der Waals surface area (Å²) in [5.41, 5.74) is 0. The highest BCUT2D eigenvalue weighted by atomic mass is 35.5. The summed E-state index contributed by atoms with van der Waals surface area (Å²) in [5, 5.41) is 9.41. The first-order valence-electron chi connectivity index (χ1n) is 5.62. The van der Waals surface area contributed by atoms with E-state index in [1.807, 2.05) is 13.0 Å². The van der Waals surface area contributed by atoms with Gasteiger partial charge in [-0.3, -0.25) is 0 Å². The van der Waals surface area contributed by atoms with E-state index in [4.69, 9.17) is 4.74 Å². The van der Waals surface area contributed by atoms with E-state index < -0.39 is 6.10 Å². The van der Waals surface area contributed by atoms with Crippen molar-refractivity contribution in [3.63, 3.8) is 0 Å². The Morgan fingerprint density at radius 2 is 1.88 bits per heavy atom. The molecule has 0 aromatic rings. The average molecular weight is 252 g/mol. The largest absolute Gasteiger partial charge is 1.00 e. The molecular weight excluding hydrogens is 226 g/mol. The molecule has 0 aliphatic heterocycles. The van der Waals surface area contributed by atoms with Crippen LogP contribution in [-0.4, -0.2) is 48.7 Å². The maximum Gasteiger partial charge on any atom is 0.193 e. The van der Waals surface area contributed by atoms with Crippen molar-refractivity contribution in [3.8, 4) is 0 Å². The second kappa shape index (κ2) is 8.07. The van der Waals surface area contributed by atoms with Crippen LogP contribution in [0, 0.1) is 0 Å². The number of quaternary nitrogens is 1. The van der Waals surface area contributed by atoms with E-state index in [1.54, 1.807) is 6.92 Å². The number of nitrogens with zero attached hydrogens (tertiary/aromatic N) is 1. The van der Waals surface area contributed by atoms with Crippen LogP contribution in [0.2, 0.25) is 0 Å². The third kappa shape index (κ3) is 5.85. The van der Waals surface area contributed by atoms with Crippen molar-refractivity contribution in [2.24, 2.45) is 0 Å². The molecule has 0 aromatic carbocycles. The minimum absolute atomic E-state index is 0. The van der Waals surface area contributed by atoms with E-state index in [9.17, 15) is 5.11 Å². The molecule has 4 heteroatoms. The minimum Gasteiger partial charge on any atom is -1.00 e. The van der Waals surface area contributed by atoms with Crippen LogP contribution in [-0.2, 0) is 4.74 Å². The number of rotatable bonds is 7. The van der Waals surface area contributed by atoms with Gasteiger partial charge in [0.25, 0.3) is 0 Å². The van der Waals surface area contributed by atoms with Crippen molar-refractivity contribution in [1.82, 2.24) is 0 Å². The lowest BCUT2D eigenvalue weighted by Gasteiger charge is -2.38. The fourth-order valence-corrected chi connectivity index (χ4v) is 1.57. The lowest BCUT2D eigenvalue weighted by molar-refractivity contribution is -0.933. The van der Waals surface area contributed by atoms with Crippen LogP contribution in [0.5, 0.6) is 0 Å². The molecule has 0 fully saturated rings. The molecule has 16 heavy (non-hydrogen) atoms. The molecule has 3 atom stereocenters. The Kier molecular flexibility index (Phi) is 9.22. The van der Waals surface area contributed by atoms with Gasteiger partial charge in [-0.25, -0.2) is 0 Å². The molecule has 0 saturated carbocycles. The van der Waals surface area contributed by atoms with E-state index in [2.05, 4.69) is 27.6 Å². The van der Waals surface area contributed by atoms with E-state index in [-0.39, 0.29) is 24.7 Å². The average Bonchev–Trinajstić information content (AvgIpc) is 2.12. The summed E-state index contributed by atoms with van der Waals surface area (Å²) < 4.78 is 6.60. The molecule has 0 aliphatic rings. The summed E-state index contributed by atoms with van der Waals surface area (Å²) in [7, 11) is 4.23. The minimum atomic E-state index is -0.428. The first kappa shape index (κ1) is 18.3. The SMILES string of the molecule is C=CC[N+](C)(C)C(CC)OC(C)C(C)O.[Cl-]. The molecule has 3 unspecified atom stereocenters. The number of aliphatic hydroxyl groups is 1. The van der Waals surface area contributed by atoms with E-state index in [1.165, 1.54) is 0 Å². The maximum atomic E-state index is 9.41. The zero-order chi connectivity index (χ0) is 12.1. The van der Waals surface area contributed by atoms with Gasteiger partial charge in [0.05, 0.1) is 32.8 Å². The lowest BCUT2D eigenvalue weighted by Crippen LogP contribution is -3.00. The Bertz CT molecular complexity index is 195. The molecule has 0 bridgehead atoms. The number of hydrogen-bond donors (Lipinski definition) is 1. The van der Waals surface area contributed by atoms with Crippen molar-refractivity contribution >= 4 is 0 Å². The van der Waals surface area contributed by atoms with Crippen molar-refractivity contribution in [1.29, 1.82) is 0 Å². The summed E-state index contributed by atoms with van der Waals surface area (Å²) in [5.74, 6) is 0. The first-order chi connectivity index (χ1) is 6.85. The molecule has 0 amide bonds. The summed E-state index contributed by atoms with van der Waals surface area (Å²) in [6.45, 7) is 10.4. The quantitative estimate of drug-likeness (QED) is 0.349. The monoisotopic (exact) mass is 251 g/mol. The van der Waals surface area contributed by atoms with Gasteiger partial charge in [0.1, 0.15) is 0 Å². The molecule has 0 spiro atoms. The predicted octanol–water partition coefficient (Wildman–Crippen LogP) is -1.23. The fourth-order valence-electron chi connectivity index (χ4n) is 1.57. The zero-order valence-electron chi connectivity index (χ0n) is 11.1. The van der Waals surface area contributed by atoms with Gasteiger partial charge in [0.2, 0.25) is 0 Å². The van der Waals surface area contributed by atoms with E-state index >= 15 is 0 Å². The normalized spacial score (nSPS) is 17.1. The molecule has 0 radical (unpaired) electrons. The Hall–Kier alpha value is -0.0900. The maximum absolute atomic E-state index is 9.41. The van der Waals surface area contributed by atoms with Crippen molar-refractivity contribution in [3.05, 3.63) is 12.7 Å². The second-order valence-corrected chi connectivity index (χ2v) is 4.69. The summed E-state index contributed by atoms with van der Waals surface area (Å²) in [6.07, 6.45) is 2.38. The molecule has 0 aromatic heterocycles. The highest BCUT2D eigenvalue weighted by Crippen LogP contribution is 2.15. The summed E-state index contributed by atoms with van der Waals surface area (Å²) in [4.78, 5) is 0. The van der Waals surface area contributed by atoms with Gasteiger partial charge < -0.3 is 26.7 Å². The molecular formula is C12H26ClNO2. The molecule has 0 heterocycles. The van der Waals surface area contributed by atoms with Crippen molar-refractivity contribution in [2.45, 2.75) is 45.6 Å². The Morgan fingerprint density at radius 1 is 1.38 bits per heavy atom. The molecule has 98 valence electrons. The van der Waals surface area contributed by atoms with Gasteiger partial charge in [-0.05, 0) is 19.9 Å². The number of aliphatic hydroxyl groups excluding tert-OH is 1. The number of hydrogen-bond acceptors (Lipinski definition) is 2. The van der Waals surface area contributed by atoms with Crippen LogP contribution in [0.1, 0.15) is 27.2 Å². The van der Waals surface area contributed by atoms with Crippen LogP contribution in [0.4, 0.5) is 0 Å². The van der Waals surface area contributed by atoms with Crippen LogP contribution < -0.4 is 12.4 Å². The van der Waals surface area contributed by atoms with Gasteiger partial charge in [-0.2, -0.15) is 0 Å². The summed E-state index contributed by atoms with van der Waals surface area (Å²) in [6, 6.07) is 0. The van der Waals surface area contributed by atoms with Gasteiger partial charge >= 0.3 is 0 Å². The molecule has 0 rings (SSSR count). The molecule has 1 N–H and O–H groups in total. The Balaban J connectivity index is 0. The Labute approximate surface area is 106 Å². The topological polar surface area (TPSA) is 29.5 Å². The van der Waals surface area contributed by atoms with Gasteiger partial charge in [0.15, 0.2) is 6.23 Å². The zero-order valence-corrected chi connectivity index (χ0v) is 11.9. The third-order valence-electron chi connectivity index (χ3n) is 2.78. The highest BCUT2D eigenvalue weighted by Gasteiger charge is 2.28. The standard InChI is InChI=1S/C12H26NO2.ClH/c1-7-9-13(5,6)12(8-2)15-11(4)10(3)14;/h7,10-12,14H,1,8-9H2,2-6H3;1H/q+1;/p-1. The van der Waals surface area contributed by atoms with Crippen molar-refractivity contribution < 1.29 is 26.7 Å². The molecule has 0 saturated heterocycles. The van der Waals surface area contributed by atoms with E-state index in [0.717, 1.165) is 17.4 Å². The third-order valence-corrected chi connectivity index (χ3v) is 2.78. The lowest BCUT2D eigenvalue weighted by atomic mass is 10.2. The number of halogens is 1. The molecule has 0 aliphatic carbocycles. The van der Waals surface area contributed by atoms with Gasteiger partial charge in [-0.15, -0.1) is 0 Å². The van der Waals surface area contributed by atoms with Crippen molar-refractivity contribution in [2.75, 3.05) is 20.6 Å². The highest BCUT2D eigenvalue weighted by molar-refractivity contribution is 4.66. The van der Waals surface area contributed by atoms with Crippen LogP contribution in [0.25, 0.3) is 0 Å². The van der Waals surface area contributed by atoms with Crippen LogP contribution >= 0.6 is 0 Å². The number of likely N-dealkylation sites (N-methyl/N-ethyl adjacent to an activating group) is 1. The Morgan fingerprint density at radius 3 is 2.19 bits per heavy atom. The first-order valence-corrected chi connectivity index (χ1v) is 5.62. The van der Waals surface area contributed by atoms with Crippen LogP contribution in [0.3, 0.4) is 0 Å². The van der Waals surface area contributed by atoms with Gasteiger partial charge in [0, 0.05) is 6.42 Å².